The van der Waals surface area contributed by atoms with Crippen molar-refractivity contribution < 1.29 is 0 Å². The van der Waals surface area contributed by atoms with E-state index in [2.05, 4.69) is 22.8 Å². The summed E-state index contributed by atoms with van der Waals surface area (Å²) in [7, 11) is 0. The first kappa shape index (κ1) is 18.6. The predicted molar refractivity (Wildman–Crippen MR) is 125 cm³/mol. The highest BCUT2D eigenvalue weighted by Crippen LogP contribution is 2.34. The number of para-hydroxylation sites is 1. The van der Waals surface area contributed by atoms with Crippen molar-refractivity contribution in [3.05, 3.63) is 102 Å². The lowest BCUT2D eigenvalue weighted by molar-refractivity contribution is 0.884. The van der Waals surface area contributed by atoms with Gasteiger partial charge in [0.2, 0.25) is 0 Å². The molecule has 146 valence electrons. The number of hydrogen-bond acceptors (Lipinski definition) is 4. The molecule has 0 unspecified atom stereocenters. The van der Waals surface area contributed by atoms with Crippen LogP contribution in [0.3, 0.4) is 0 Å². The molecule has 0 aliphatic heterocycles. The van der Waals surface area contributed by atoms with Gasteiger partial charge in [-0.05, 0) is 36.4 Å². The van der Waals surface area contributed by atoms with Crippen LogP contribution in [0.1, 0.15) is 0 Å². The average molecular weight is 429 g/mol. The van der Waals surface area contributed by atoms with E-state index in [1.165, 1.54) is 0 Å². The van der Waals surface area contributed by atoms with Crippen molar-refractivity contribution in [1.29, 1.82) is 0 Å². The van der Waals surface area contributed by atoms with Gasteiger partial charge < -0.3 is 5.32 Å². The van der Waals surface area contributed by atoms with E-state index >= 15 is 0 Å². The number of benzene rings is 3. The highest BCUT2D eigenvalue weighted by atomic mass is 35.5. The van der Waals surface area contributed by atoms with Crippen LogP contribution in [-0.2, 0) is 0 Å². The van der Waals surface area contributed by atoms with Gasteiger partial charge in [-0.25, -0.2) is 9.67 Å². The van der Waals surface area contributed by atoms with Gasteiger partial charge in [0.25, 0.3) is 0 Å². The van der Waals surface area contributed by atoms with Crippen molar-refractivity contribution in [3.63, 3.8) is 0 Å². The molecule has 0 aliphatic carbocycles. The van der Waals surface area contributed by atoms with E-state index in [1.807, 2.05) is 83.7 Å². The molecule has 0 atom stereocenters. The summed E-state index contributed by atoms with van der Waals surface area (Å²) in [5, 5.41) is 11.8. The van der Waals surface area contributed by atoms with Gasteiger partial charge in [-0.1, -0.05) is 60.1 Å². The highest BCUT2D eigenvalue weighted by Gasteiger charge is 2.16. The smallest absolute Gasteiger partial charge is 0.187 e. The Kier molecular flexibility index (Phi) is 5.05. The minimum atomic E-state index is 0.709. The lowest BCUT2D eigenvalue weighted by Crippen LogP contribution is -1.93. The van der Waals surface area contributed by atoms with Crippen molar-refractivity contribution in [1.82, 2.24) is 14.8 Å². The fourth-order valence-corrected chi connectivity index (χ4v) is 4.05. The summed E-state index contributed by atoms with van der Waals surface area (Å²) in [5.41, 5.74) is 5.80. The van der Waals surface area contributed by atoms with Crippen LogP contribution in [0.15, 0.2) is 96.5 Å². The van der Waals surface area contributed by atoms with E-state index < -0.39 is 0 Å². The molecule has 0 amide bonds. The molecule has 2 aromatic heterocycles. The van der Waals surface area contributed by atoms with Gasteiger partial charge in [0.1, 0.15) is 5.69 Å². The first-order chi connectivity index (χ1) is 14.8. The molecule has 0 radical (unpaired) electrons. The third-order valence-electron chi connectivity index (χ3n) is 4.66. The average Bonchev–Trinajstić information content (AvgIpc) is 3.44. The zero-order valence-corrected chi connectivity index (χ0v) is 17.4. The van der Waals surface area contributed by atoms with Crippen LogP contribution < -0.4 is 5.32 Å². The van der Waals surface area contributed by atoms with Crippen molar-refractivity contribution in [2.45, 2.75) is 0 Å². The Labute approximate surface area is 183 Å². The van der Waals surface area contributed by atoms with Crippen LogP contribution in [-0.4, -0.2) is 14.8 Å². The Bertz CT molecular complexity index is 1260. The van der Waals surface area contributed by atoms with Gasteiger partial charge in [0.15, 0.2) is 5.13 Å². The Morgan fingerprint density at radius 2 is 1.53 bits per heavy atom. The molecule has 1 N–H and O–H groups in total. The maximum Gasteiger partial charge on any atom is 0.187 e. The molecular formula is C24H17ClN4S. The predicted octanol–water partition coefficient (Wildman–Crippen LogP) is 7.06. The minimum absolute atomic E-state index is 0.709. The molecule has 3 aromatic carbocycles. The van der Waals surface area contributed by atoms with E-state index in [-0.39, 0.29) is 0 Å². The number of nitrogens with one attached hydrogen (secondary N) is 1. The van der Waals surface area contributed by atoms with Gasteiger partial charge >= 0.3 is 0 Å². The largest absolute Gasteiger partial charge is 0.332 e. The van der Waals surface area contributed by atoms with Gasteiger partial charge in [-0.3, -0.25) is 0 Å². The summed E-state index contributed by atoms with van der Waals surface area (Å²) in [6, 6.07) is 27.9. The monoisotopic (exact) mass is 428 g/mol. The standard InChI is InChI=1S/C24H17ClN4S/c25-18-11-13-19(14-12-18)26-24-27-22(16-30-24)21-15-29(20-9-5-2-6-10-20)28-23(21)17-7-3-1-4-8-17/h1-16H,(H,26,27). The minimum Gasteiger partial charge on any atom is -0.332 e. The van der Waals surface area contributed by atoms with Gasteiger partial charge in [-0.2, -0.15) is 5.10 Å². The van der Waals surface area contributed by atoms with E-state index in [0.717, 1.165) is 39.0 Å². The first-order valence-electron chi connectivity index (χ1n) is 9.45. The Morgan fingerprint density at radius 1 is 0.833 bits per heavy atom. The first-order valence-corrected chi connectivity index (χ1v) is 10.7. The van der Waals surface area contributed by atoms with E-state index in [1.54, 1.807) is 11.3 Å². The van der Waals surface area contributed by atoms with Crippen LogP contribution in [0.4, 0.5) is 10.8 Å². The lowest BCUT2D eigenvalue weighted by Gasteiger charge is -2.02. The third kappa shape index (κ3) is 3.85. The fraction of sp³-hybridized carbons (Fsp3) is 0. The fourth-order valence-electron chi connectivity index (χ4n) is 3.20. The number of halogens is 1. The van der Waals surface area contributed by atoms with E-state index in [4.69, 9.17) is 21.7 Å². The van der Waals surface area contributed by atoms with E-state index in [0.29, 0.717) is 5.02 Å². The molecule has 0 saturated carbocycles. The second kappa shape index (κ2) is 8.14. The molecule has 5 aromatic rings. The van der Waals surface area contributed by atoms with Crippen LogP contribution in [0.25, 0.3) is 28.2 Å². The van der Waals surface area contributed by atoms with Crippen LogP contribution >= 0.6 is 22.9 Å². The van der Waals surface area contributed by atoms with Gasteiger partial charge in [0.05, 0.1) is 11.4 Å². The number of rotatable bonds is 5. The number of hydrogen-bond donors (Lipinski definition) is 1. The van der Waals surface area contributed by atoms with Crippen molar-refractivity contribution in [3.8, 4) is 28.2 Å². The van der Waals surface area contributed by atoms with Crippen LogP contribution in [0.2, 0.25) is 5.02 Å². The summed E-state index contributed by atoms with van der Waals surface area (Å²) >= 11 is 7.54. The van der Waals surface area contributed by atoms with Crippen molar-refractivity contribution in [2.75, 3.05) is 5.32 Å². The summed E-state index contributed by atoms with van der Waals surface area (Å²) < 4.78 is 1.91. The maximum absolute atomic E-state index is 5.98. The topological polar surface area (TPSA) is 42.7 Å². The van der Waals surface area contributed by atoms with Crippen molar-refractivity contribution in [2.24, 2.45) is 0 Å². The zero-order chi connectivity index (χ0) is 20.3. The highest BCUT2D eigenvalue weighted by molar-refractivity contribution is 7.14. The lowest BCUT2D eigenvalue weighted by atomic mass is 10.1. The maximum atomic E-state index is 5.98. The van der Waals surface area contributed by atoms with Crippen LogP contribution in [0, 0.1) is 0 Å². The van der Waals surface area contributed by atoms with Crippen molar-refractivity contribution >= 4 is 33.8 Å². The Morgan fingerprint density at radius 3 is 2.27 bits per heavy atom. The number of thiazole rings is 1. The van der Waals surface area contributed by atoms with Crippen LogP contribution in [0.5, 0.6) is 0 Å². The second-order valence-electron chi connectivity index (χ2n) is 6.71. The molecule has 5 rings (SSSR count). The molecule has 6 heteroatoms. The molecule has 0 bridgehead atoms. The number of aromatic nitrogens is 3. The summed E-state index contributed by atoms with van der Waals surface area (Å²) in [5.74, 6) is 0. The Balaban J connectivity index is 1.54. The normalized spacial score (nSPS) is 10.8. The zero-order valence-electron chi connectivity index (χ0n) is 15.9. The summed E-state index contributed by atoms with van der Waals surface area (Å²) in [4.78, 5) is 4.81. The molecule has 2 heterocycles. The molecule has 0 saturated heterocycles. The molecular weight excluding hydrogens is 412 g/mol. The Hall–Kier alpha value is -3.41. The number of nitrogens with zero attached hydrogens (tertiary/aromatic N) is 3. The SMILES string of the molecule is Clc1ccc(Nc2nc(-c3cn(-c4ccccc4)nc3-c3ccccc3)cs2)cc1. The quantitative estimate of drug-likeness (QED) is 0.326. The summed E-state index contributed by atoms with van der Waals surface area (Å²) in [6.45, 7) is 0. The number of anilines is 2. The summed E-state index contributed by atoms with van der Waals surface area (Å²) in [6.07, 6.45) is 2.04. The molecule has 0 fully saturated rings. The van der Waals surface area contributed by atoms with E-state index in [9.17, 15) is 0 Å². The second-order valence-corrected chi connectivity index (χ2v) is 8.00. The molecule has 0 spiro atoms. The molecule has 30 heavy (non-hydrogen) atoms. The molecule has 0 aliphatic rings. The third-order valence-corrected chi connectivity index (χ3v) is 5.67. The van der Waals surface area contributed by atoms with Gasteiger partial charge in [-0.15, -0.1) is 11.3 Å². The molecule has 4 nitrogen and oxygen atoms in total. The van der Waals surface area contributed by atoms with Gasteiger partial charge in [0, 0.05) is 33.4 Å².